The van der Waals surface area contributed by atoms with E-state index in [1.54, 1.807) is 24.3 Å². The number of hydrogen-bond donors (Lipinski definition) is 5. The van der Waals surface area contributed by atoms with E-state index in [-0.39, 0.29) is 29.1 Å². The maximum absolute atomic E-state index is 14.5. The highest BCUT2D eigenvalue weighted by Gasteiger charge is 2.21. The summed E-state index contributed by atoms with van der Waals surface area (Å²) in [6, 6.07) is 11.2. The van der Waals surface area contributed by atoms with Gasteiger partial charge in [-0.25, -0.2) is 13.6 Å². The molecule has 10 heteroatoms. The Kier molecular flexibility index (Phi) is 5.47. The predicted octanol–water partition coefficient (Wildman–Crippen LogP) is 3.26. The number of rotatable bonds is 5. The van der Waals surface area contributed by atoms with Crippen LogP contribution >= 0.6 is 0 Å². The number of carbonyl (C=O) groups excluding carboxylic acids is 1. The maximum atomic E-state index is 14.5. The van der Waals surface area contributed by atoms with Gasteiger partial charge in [0.2, 0.25) is 0 Å². The van der Waals surface area contributed by atoms with Gasteiger partial charge in [0.05, 0.1) is 23.4 Å². The summed E-state index contributed by atoms with van der Waals surface area (Å²) >= 11 is 0. The topological polar surface area (TPSA) is 147 Å². The molecule has 0 spiro atoms. The number of H-pyrrole nitrogens is 1. The molecule has 0 radical (unpaired) electrons. The fraction of sp³-hybridized carbons (Fsp3) is 0.0909. The normalized spacial score (nSPS) is 11.1. The van der Waals surface area contributed by atoms with Crippen molar-refractivity contribution in [1.29, 1.82) is 0 Å². The molecule has 0 aliphatic carbocycles. The molecule has 1 heterocycles. The number of hydrogen-bond acceptors (Lipinski definition) is 5. The lowest BCUT2D eigenvalue weighted by atomic mass is 9.98. The molecule has 0 saturated carbocycles. The summed E-state index contributed by atoms with van der Waals surface area (Å²) in [5.41, 5.74) is 19.3. The molecule has 164 valence electrons. The number of carbonyl (C=O) groups is 1. The van der Waals surface area contributed by atoms with Crippen LogP contribution in [0.4, 0.5) is 30.8 Å². The summed E-state index contributed by atoms with van der Waals surface area (Å²) in [6.07, 6.45) is 0. The quantitative estimate of drug-likeness (QED) is 0.324. The molecule has 8 nitrogen and oxygen atoms in total. The zero-order valence-electron chi connectivity index (χ0n) is 16.8. The minimum absolute atomic E-state index is 0.0287. The van der Waals surface area contributed by atoms with Crippen molar-refractivity contribution in [2.75, 3.05) is 10.6 Å². The molecule has 0 fully saturated rings. The zero-order valence-corrected chi connectivity index (χ0v) is 16.8. The molecule has 0 aliphatic rings. The molecule has 0 bridgehead atoms. The molecule has 0 saturated heterocycles. The van der Waals surface area contributed by atoms with E-state index in [1.165, 1.54) is 24.3 Å². The van der Waals surface area contributed by atoms with Crippen molar-refractivity contribution >= 4 is 34.1 Å². The van der Waals surface area contributed by atoms with E-state index in [0.717, 1.165) is 4.90 Å². The average molecular weight is 438 g/mol. The number of nitrogen functional groups attached to an aromatic ring is 1. The molecule has 0 atom stereocenters. The van der Waals surface area contributed by atoms with Crippen LogP contribution in [-0.4, -0.2) is 21.3 Å². The third-order valence-electron chi connectivity index (χ3n) is 5.20. The van der Waals surface area contributed by atoms with Gasteiger partial charge in [-0.15, -0.1) is 0 Å². The number of amides is 2. The number of aliphatic hydroxyl groups excluding tert-OH is 1. The van der Waals surface area contributed by atoms with E-state index in [2.05, 4.69) is 10.2 Å². The summed E-state index contributed by atoms with van der Waals surface area (Å²) in [7, 11) is 0. The van der Waals surface area contributed by atoms with E-state index < -0.39 is 24.3 Å². The Balaban J connectivity index is 1.82. The Morgan fingerprint density at radius 1 is 1.12 bits per heavy atom. The number of aromatic amines is 1. The van der Waals surface area contributed by atoms with Crippen molar-refractivity contribution < 1.29 is 18.7 Å². The lowest BCUT2D eigenvalue weighted by molar-refractivity contribution is 0.256. The second kappa shape index (κ2) is 8.25. The summed E-state index contributed by atoms with van der Waals surface area (Å²) in [6.45, 7) is -0.351. The average Bonchev–Trinajstić information content (AvgIpc) is 3.18. The van der Waals surface area contributed by atoms with Gasteiger partial charge in [0.25, 0.3) is 0 Å². The smallest absolute Gasteiger partial charge is 0.323 e. The summed E-state index contributed by atoms with van der Waals surface area (Å²) in [4.78, 5) is 13.2. The fourth-order valence-corrected chi connectivity index (χ4v) is 3.63. The molecule has 8 N–H and O–H groups in total. The van der Waals surface area contributed by atoms with E-state index >= 15 is 0 Å². The molecule has 1 aromatic heterocycles. The first-order valence-corrected chi connectivity index (χ1v) is 9.60. The van der Waals surface area contributed by atoms with Crippen molar-refractivity contribution in [2.45, 2.75) is 13.2 Å². The molecular formula is C22H20F2N6O2. The number of nitrogens with zero attached hydrogens (tertiary/aromatic N) is 2. The van der Waals surface area contributed by atoms with Crippen molar-refractivity contribution in [2.24, 2.45) is 11.5 Å². The van der Waals surface area contributed by atoms with Gasteiger partial charge in [-0.05, 0) is 47.0 Å². The van der Waals surface area contributed by atoms with Gasteiger partial charge in [0.1, 0.15) is 11.3 Å². The highest BCUT2D eigenvalue weighted by Crippen LogP contribution is 2.36. The SMILES string of the molecule is NCc1ccc(F)c(N(C(N)=O)c2ccc(-c3cc(CO)c(F)c4[nH]nc(N)c34)cc2)c1. The van der Waals surface area contributed by atoms with Gasteiger partial charge < -0.3 is 22.3 Å². The highest BCUT2D eigenvalue weighted by molar-refractivity contribution is 6.03. The molecule has 2 amide bonds. The lowest BCUT2D eigenvalue weighted by Crippen LogP contribution is -2.32. The molecule has 3 aromatic carbocycles. The van der Waals surface area contributed by atoms with E-state index in [0.29, 0.717) is 27.8 Å². The Bertz CT molecular complexity index is 1320. The van der Waals surface area contributed by atoms with Crippen molar-refractivity contribution in [1.82, 2.24) is 10.2 Å². The first-order valence-electron chi connectivity index (χ1n) is 9.60. The molecule has 4 aromatic rings. The van der Waals surface area contributed by atoms with Gasteiger partial charge in [-0.3, -0.25) is 10.00 Å². The summed E-state index contributed by atoms with van der Waals surface area (Å²) in [5.74, 6) is -1.17. The Morgan fingerprint density at radius 3 is 2.47 bits per heavy atom. The van der Waals surface area contributed by atoms with Crippen LogP contribution in [0.3, 0.4) is 0 Å². The number of nitrogens with one attached hydrogen (secondary N) is 1. The Morgan fingerprint density at radius 2 is 1.84 bits per heavy atom. The third-order valence-corrected chi connectivity index (χ3v) is 5.20. The van der Waals surface area contributed by atoms with Crippen molar-refractivity contribution in [3.05, 3.63) is 71.3 Å². The van der Waals surface area contributed by atoms with E-state index in [4.69, 9.17) is 17.2 Å². The van der Waals surface area contributed by atoms with Crippen LogP contribution < -0.4 is 22.1 Å². The van der Waals surface area contributed by atoms with Gasteiger partial charge in [0.15, 0.2) is 11.6 Å². The number of halogens is 2. The first-order chi connectivity index (χ1) is 15.3. The largest absolute Gasteiger partial charge is 0.392 e. The number of aromatic nitrogens is 2. The Labute approximate surface area is 181 Å². The van der Waals surface area contributed by atoms with Crippen LogP contribution in [0.25, 0.3) is 22.0 Å². The number of urea groups is 1. The number of aliphatic hydroxyl groups is 1. The maximum Gasteiger partial charge on any atom is 0.323 e. The molecule has 32 heavy (non-hydrogen) atoms. The monoisotopic (exact) mass is 438 g/mol. The minimum Gasteiger partial charge on any atom is -0.392 e. The summed E-state index contributed by atoms with van der Waals surface area (Å²) in [5, 5.41) is 16.3. The van der Waals surface area contributed by atoms with Crippen LogP contribution in [0, 0.1) is 11.6 Å². The lowest BCUT2D eigenvalue weighted by Gasteiger charge is -2.22. The van der Waals surface area contributed by atoms with Crippen LogP contribution in [0.15, 0.2) is 48.5 Å². The highest BCUT2D eigenvalue weighted by atomic mass is 19.1. The van der Waals surface area contributed by atoms with Crippen LogP contribution in [0.1, 0.15) is 11.1 Å². The molecule has 4 rings (SSSR count). The van der Waals surface area contributed by atoms with Gasteiger partial charge in [-0.2, -0.15) is 5.10 Å². The number of fused-ring (bicyclic) bond motifs is 1. The van der Waals surface area contributed by atoms with E-state index in [9.17, 15) is 18.7 Å². The predicted molar refractivity (Wildman–Crippen MR) is 118 cm³/mol. The Hall–Kier alpha value is -4.02. The molecular weight excluding hydrogens is 418 g/mol. The zero-order chi connectivity index (χ0) is 23.0. The van der Waals surface area contributed by atoms with Gasteiger partial charge in [0, 0.05) is 12.1 Å². The second-order valence-corrected chi connectivity index (χ2v) is 7.12. The molecule has 0 aliphatic heterocycles. The molecule has 0 unspecified atom stereocenters. The van der Waals surface area contributed by atoms with E-state index in [1.807, 2.05) is 0 Å². The van der Waals surface area contributed by atoms with Crippen molar-refractivity contribution in [3.63, 3.8) is 0 Å². The fourth-order valence-electron chi connectivity index (χ4n) is 3.63. The first kappa shape index (κ1) is 21.2. The van der Waals surface area contributed by atoms with Crippen LogP contribution in [0.5, 0.6) is 0 Å². The van der Waals surface area contributed by atoms with Gasteiger partial charge >= 0.3 is 6.03 Å². The van der Waals surface area contributed by atoms with Gasteiger partial charge in [-0.1, -0.05) is 18.2 Å². The second-order valence-electron chi connectivity index (χ2n) is 7.12. The number of anilines is 3. The minimum atomic E-state index is -0.878. The third kappa shape index (κ3) is 3.51. The summed E-state index contributed by atoms with van der Waals surface area (Å²) < 4.78 is 29.0. The number of nitrogens with two attached hydrogens (primary N) is 3. The van der Waals surface area contributed by atoms with Crippen molar-refractivity contribution in [3.8, 4) is 11.1 Å². The standard InChI is InChI=1S/C22H20F2N6O2/c23-16-6-1-11(9-25)7-17(16)30(22(27)32)14-4-2-12(3-5-14)15-8-13(10-31)19(24)20-18(15)21(26)29-28-20/h1-8,31H,9-10,25H2,(H2,27,32)(H3,26,28,29). The number of benzene rings is 3. The van der Waals surface area contributed by atoms with Crippen LogP contribution in [0.2, 0.25) is 0 Å². The van der Waals surface area contributed by atoms with Crippen LogP contribution in [-0.2, 0) is 13.2 Å². The number of primary amides is 1.